The molecular weight excluding hydrogens is 312 g/mol. The normalized spacial score (nSPS) is 13.7. The molecule has 0 aromatic carbocycles. The molecule has 1 aromatic rings. The second-order valence-electron chi connectivity index (χ2n) is 6.16. The monoisotopic (exact) mass is 338 g/mol. The fourth-order valence-electron chi connectivity index (χ4n) is 2.66. The SMILES string of the molecule is COCCCNC(=O)c1c(NC(=O)C(C)C)sc2c1CCCC2. The number of thiophene rings is 1. The number of nitrogens with one attached hydrogen (secondary N) is 2. The van der Waals surface area contributed by atoms with Crippen molar-refractivity contribution in [3.63, 3.8) is 0 Å². The standard InChI is InChI=1S/C17H26N2O3S/c1-11(2)15(20)19-17-14(16(21)18-9-6-10-22-3)12-7-4-5-8-13(12)23-17/h11H,4-10H2,1-3H3,(H,18,21)(H,19,20). The van der Waals surface area contributed by atoms with Crippen LogP contribution >= 0.6 is 11.3 Å². The first-order chi connectivity index (χ1) is 11.0. The van der Waals surface area contributed by atoms with Crippen LogP contribution in [0.2, 0.25) is 0 Å². The summed E-state index contributed by atoms with van der Waals surface area (Å²) in [6.45, 7) is 4.91. The first-order valence-electron chi connectivity index (χ1n) is 8.27. The van der Waals surface area contributed by atoms with Crippen molar-refractivity contribution < 1.29 is 14.3 Å². The summed E-state index contributed by atoms with van der Waals surface area (Å²) < 4.78 is 5.00. The highest BCUT2D eigenvalue weighted by Crippen LogP contribution is 2.38. The Kier molecular flexibility index (Phi) is 6.59. The molecule has 0 radical (unpaired) electrons. The average molecular weight is 338 g/mol. The van der Waals surface area contributed by atoms with Crippen molar-refractivity contribution in [1.82, 2.24) is 5.32 Å². The third kappa shape index (κ3) is 4.54. The van der Waals surface area contributed by atoms with Crippen LogP contribution in [0.5, 0.6) is 0 Å². The fraction of sp³-hybridized carbons (Fsp3) is 0.647. The maximum Gasteiger partial charge on any atom is 0.254 e. The maximum absolute atomic E-state index is 12.6. The van der Waals surface area contributed by atoms with Gasteiger partial charge in [-0.15, -0.1) is 11.3 Å². The Labute approximate surface area is 141 Å². The molecule has 1 heterocycles. The van der Waals surface area contributed by atoms with Crippen LogP contribution in [0, 0.1) is 5.92 Å². The van der Waals surface area contributed by atoms with E-state index in [4.69, 9.17) is 4.74 Å². The second kappa shape index (κ2) is 8.45. The Morgan fingerprint density at radius 1 is 1.26 bits per heavy atom. The van der Waals surface area contributed by atoms with E-state index in [0.717, 1.165) is 37.7 Å². The van der Waals surface area contributed by atoms with E-state index in [0.29, 0.717) is 23.7 Å². The lowest BCUT2D eigenvalue weighted by atomic mass is 9.95. The Bertz CT molecular complexity index is 566. The molecule has 0 unspecified atom stereocenters. The Hall–Kier alpha value is -1.40. The maximum atomic E-state index is 12.6. The lowest BCUT2D eigenvalue weighted by molar-refractivity contribution is -0.118. The second-order valence-corrected chi connectivity index (χ2v) is 7.27. The van der Waals surface area contributed by atoms with Crippen molar-refractivity contribution in [2.24, 2.45) is 5.92 Å². The molecule has 23 heavy (non-hydrogen) atoms. The number of carbonyl (C=O) groups excluding carboxylic acids is 2. The van der Waals surface area contributed by atoms with Gasteiger partial charge in [0, 0.05) is 31.1 Å². The van der Waals surface area contributed by atoms with Gasteiger partial charge in [0.25, 0.3) is 5.91 Å². The van der Waals surface area contributed by atoms with Crippen molar-refractivity contribution in [3.8, 4) is 0 Å². The smallest absolute Gasteiger partial charge is 0.254 e. The van der Waals surface area contributed by atoms with Crippen LogP contribution in [0.1, 0.15) is 53.9 Å². The zero-order chi connectivity index (χ0) is 16.8. The van der Waals surface area contributed by atoms with Crippen LogP contribution in [-0.4, -0.2) is 32.1 Å². The molecule has 1 aliphatic carbocycles. The third-order valence-corrected chi connectivity index (χ3v) is 5.18. The molecule has 0 spiro atoms. The van der Waals surface area contributed by atoms with Crippen LogP contribution < -0.4 is 10.6 Å². The number of fused-ring (bicyclic) bond motifs is 1. The first-order valence-corrected chi connectivity index (χ1v) is 9.08. The van der Waals surface area contributed by atoms with Crippen molar-refractivity contribution in [2.75, 3.05) is 25.6 Å². The largest absolute Gasteiger partial charge is 0.385 e. The van der Waals surface area contributed by atoms with Crippen LogP contribution in [0.25, 0.3) is 0 Å². The van der Waals surface area contributed by atoms with Gasteiger partial charge in [-0.05, 0) is 37.7 Å². The van der Waals surface area contributed by atoms with Crippen molar-refractivity contribution in [3.05, 3.63) is 16.0 Å². The van der Waals surface area contributed by atoms with Gasteiger partial charge >= 0.3 is 0 Å². The zero-order valence-corrected chi connectivity index (χ0v) is 15.0. The molecule has 0 atom stereocenters. The minimum Gasteiger partial charge on any atom is -0.385 e. The molecule has 2 amide bonds. The van der Waals surface area contributed by atoms with Crippen molar-refractivity contribution in [2.45, 2.75) is 46.0 Å². The van der Waals surface area contributed by atoms with Crippen molar-refractivity contribution >= 4 is 28.2 Å². The van der Waals surface area contributed by atoms with Crippen LogP contribution in [0.4, 0.5) is 5.00 Å². The summed E-state index contributed by atoms with van der Waals surface area (Å²) >= 11 is 1.56. The van der Waals surface area contributed by atoms with Gasteiger partial charge < -0.3 is 15.4 Å². The van der Waals surface area contributed by atoms with Gasteiger partial charge in [-0.25, -0.2) is 0 Å². The summed E-state index contributed by atoms with van der Waals surface area (Å²) in [4.78, 5) is 25.9. The molecule has 2 rings (SSSR count). The van der Waals surface area contributed by atoms with Crippen LogP contribution in [-0.2, 0) is 22.4 Å². The number of hydrogen-bond acceptors (Lipinski definition) is 4. The molecule has 0 saturated carbocycles. The number of anilines is 1. The highest BCUT2D eigenvalue weighted by atomic mass is 32.1. The summed E-state index contributed by atoms with van der Waals surface area (Å²) in [5, 5.41) is 6.60. The fourth-order valence-corrected chi connectivity index (χ4v) is 3.95. The Balaban J connectivity index is 2.18. The highest BCUT2D eigenvalue weighted by molar-refractivity contribution is 7.17. The van der Waals surface area contributed by atoms with Gasteiger partial charge in [0.1, 0.15) is 5.00 Å². The van der Waals surface area contributed by atoms with Crippen LogP contribution in [0.3, 0.4) is 0 Å². The van der Waals surface area contributed by atoms with Crippen LogP contribution in [0.15, 0.2) is 0 Å². The van der Waals surface area contributed by atoms with E-state index < -0.39 is 0 Å². The molecule has 1 aromatic heterocycles. The van der Waals surface area contributed by atoms with E-state index in [-0.39, 0.29) is 17.7 Å². The number of methoxy groups -OCH3 is 1. The number of ether oxygens (including phenoxy) is 1. The third-order valence-electron chi connectivity index (χ3n) is 3.97. The molecule has 128 valence electrons. The van der Waals surface area contributed by atoms with Gasteiger partial charge in [-0.2, -0.15) is 0 Å². The molecule has 5 nitrogen and oxygen atoms in total. The van der Waals surface area contributed by atoms with E-state index in [1.54, 1.807) is 18.4 Å². The van der Waals surface area contributed by atoms with E-state index >= 15 is 0 Å². The van der Waals surface area contributed by atoms with Crippen molar-refractivity contribution in [1.29, 1.82) is 0 Å². The lowest BCUT2D eigenvalue weighted by Crippen LogP contribution is -2.27. The van der Waals surface area contributed by atoms with Gasteiger partial charge in [0.15, 0.2) is 0 Å². The van der Waals surface area contributed by atoms with E-state index in [1.807, 2.05) is 13.8 Å². The quantitative estimate of drug-likeness (QED) is 0.751. The Morgan fingerprint density at radius 2 is 2.00 bits per heavy atom. The summed E-state index contributed by atoms with van der Waals surface area (Å²) in [5.74, 6) is -0.233. The highest BCUT2D eigenvalue weighted by Gasteiger charge is 2.26. The predicted molar refractivity (Wildman–Crippen MR) is 93.3 cm³/mol. The summed E-state index contributed by atoms with van der Waals surface area (Å²) in [5.41, 5.74) is 1.81. The number of amides is 2. The molecule has 6 heteroatoms. The van der Waals surface area contributed by atoms with Gasteiger partial charge in [-0.3, -0.25) is 9.59 Å². The topological polar surface area (TPSA) is 67.4 Å². The number of aryl methyl sites for hydroxylation is 1. The summed E-state index contributed by atoms with van der Waals surface area (Å²) in [6, 6.07) is 0. The molecule has 0 saturated heterocycles. The minimum absolute atomic E-state index is 0.0444. The molecule has 1 aliphatic rings. The zero-order valence-electron chi connectivity index (χ0n) is 14.2. The molecule has 0 aliphatic heterocycles. The number of rotatable bonds is 7. The molecule has 0 bridgehead atoms. The van der Waals surface area contributed by atoms with E-state index in [1.165, 1.54) is 4.88 Å². The average Bonchev–Trinajstić information content (AvgIpc) is 2.89. The molecule has 2 N–H and O–H groups in total. The summed E-state index contributed by atoms with van der Waals surface area (Å²) in [6.07, 6.45) is 4.96. The van der Waals surface area contributed by atoms with E-state index in [9.17, 15) is 9.59 Å². The Morgan fingerprint density at radius 3 is 2.70 bits per heavy atom. The molecular formula is C17H26N2O3S. The lowest BCUT2D eigenvalue weighted by Gasteiger charge is -2.13. The number of carbonyl (C=O) groups is 2. The first kappa shape index (κ1) is 17.9. The molecule has 0 fully saturated rings. The van der Waals surface area contributed by atoms with Gasteiger partial charge in [0.2, 0.25) is 5.91 Å². The van der Waals surface area contributed by atoms with Gasteiger partial charge in [-0.1, -0.05) is 13.8 Å². The number of hydrogen-bond donors (Lipinski definition) is 2. The van der Waals surface area contributed by atoms with E-state index in [2.05, 4.69) is 10.6 Å². The predicted octanol–water partition coefficient (Wildman–Crippen LogP) is 2.99. The van der Waals surface area contributed by atoms with Gasteiger partial charge in [0.05, 0.1) is 5.56 Å². The minimum atomic E-state index is -0.105. The summed E-state index contributed by atoms with van der Waals surface area (Å²) in [7, 11) is 1.65.